The Hall–Kier alpha value is -1.65. The Morgan fingerprint density at radius 1 is 1.33 bits per heavy atom. The molecule has 12 heavy (non-hydrogen) atoms. The van der Waals surface area contributed by atoms with Crippen LogP contribution in [-0.2, 0) is 0 Å². The van der Waals surface area contributed by atoms with Crippen LogP contribution in [0.1, 0.15) is 13.8 Å². The molecule has 0 fully saturated rings. The van der Waals surface area contributed by atoms with E-state index < -0.39 is 0 Å². The topological polar surface area (TPSA) is 80.5 Å². The Morgan fingerprint density at radius 2 is 2.08 bits per heavy atom. The molecule has 5 heteroatoms. The van der Waals surface area contributed by atoms with Gasteiger partial charge >= 0.3 is 0 Å². The Morgan fingerprint density at radius 3 is 2.83 bits per heavy atom. The van der Waals surface area contributed by atoms with Gasteiger partial charge in [-0.05, 0) is 0 Å². The van der Waals surface area contributed by atoms with Crippen molar-refractivity contribution >= 4 is 17.0 Å². The van der Waals surface area contributed by atoms with Crippen molar-refractivity contribution < 1.29 is 0 Å². The second-order valence-electron chi connectivity index (χ2n) is 1.90. The molecule has 0 radical (unpaired) electrons. The highest BCUT2D eigenvalue weighted by molar-refractivity contribution is 5.69. The summed E-state index contributed by atoms with van der Waals surface area (Å²) < 4.78 is 0. The zero-order valence-corrected chi connectivity index (χ0v) is 7.07. The van der Waals surface area contributed by atoms with E-state index in [4.69, 9.17) is 5.73 Å². The SMILES string of the molecule is CC.Nc1cnc2cn[nH]c2n1. The summed E-state index contributed by atoms with van der Waals surface area (Å²) >= 11 is 0. The first-order valence-corrected chi connectivity index (χ1v) is 3.78. The molecule has 0 saturated carbocycles. The third-order valence-electron chi connectivity index (χ3n) is 1.18. The lowest BCUT2D eigenvalue weighted by atomic mass is 10.5. The zero-order valence-electron chi connectivity index (χ0n) is 7.07. The first-order chi connectivity index (χ1) is 5.86. The Kier molecular flexibility index (Phi) is 2.57. The molecule has 2 aromatic heterocycles. The molecule has 0 bridgehead atoms. The van der Waals surface area contributed by atoms with E-state index in [1.54, 1.807) is 6.20 Å². The highest BCUT2D eigenvalue weighted by Gasteiger charge is 1.95. The van der Waals surface area contributed by atoms with Crippen molar-refractivity contribution in [1.82, 2.24) is 20.2 Å². The summed E-state index contributed by atoms with van der Waals surface area (Å²) in [7, 11) is 0. The van der Waals surface area contributed by atoms with Crippen molar-refractivity contribution in [2.75, 3.05) is 5.73 Å². The molecule has 5 nitrogen and oxygen atoms in total. The number of H-pyrrole nitrogens is 1. The lowest BCUT2D eigenvalue weighted by Gasteiger charge is -1.88. The molecule has 0 aromatic carbocycles. The largest absolute Gasteiger partial charge is 0.382 e. The van der Waals surface area contributed by atoms with Gasteiger partial charge in [-0.25, -0.2) is 9.97 Å². The molecule has 0 aliphatic heterocycles. The van der Waals surface area contributed by atoms with Gasteiger partial charge in [0.1, 0.15) is 11.3 Å². The van der Waals surface area contributed by atoms with Crippen molar-refractivity contribution in [3.05, 3.63) is 12.4 Å². The summed E-state index contributed by atoms with van der Waals surface area (Å²) in [4.78, 5) is 7.89. The van der Waals surface area contributed by atoms with Gasteiger partial charge in [0.15, 0.2) is 5.65 Å². The molecule has 0 aliphatic carbocycles. The van der Waals surface area contributed by atoms with Gasteiger partial charge in [0, 0.05) is 0 Å². The summed E-state index contributed by atoms with van der Waals surface area (Å²) in [5.74, 6) is 0.400. The molecular formula is C7H11N5. The van der Waals surface area contributed by atoms with Crippen molar-refractivity contribution in [3.8, 4) is 0 Å². The molecule has 2 rings (SSSR count). The van der Waals surface area contributed by atoms with Crippen LogP contribution in [0.5, 0.6) is 0 Å². The number of aromatic nitrogens is 4. The van der Waals surface area contributed by atoms with E-state index in [0.717, 1.165) is 5.52 Å². The van der Waals surface area contributed by atoms with Crippen LogP contribution in [0.15, 0.2) is 12.4 Å². The van der Waals surface area contributed by atoms with Gasteiger partial charge in [-0.1, -0.05) is 13.8 Å². The third kappa shape index (κ3) is 1.50. The Bertz CT molecular complexity index is 353. The van der Waals surface area contributed by atoms with Crippen molar-refractivity contribution in [2.45, 2.75) is 13.8 Å². The summed E-state index contributed by atoms with van der Waals surface area (Å²) in [6, 6.07) is 0. The minimum atomic E-state index is 0.400. The molecule has 0 saturated heterocycles. The molecule has 0 amide bonds. The predicted octanol–water partition coefficient (Wildman–Crippen LogP) is 0.961. The van der Waals surface area contributed by atoms with Crippen LogP contribution in [0.4, 0.5) is 5.82 Å². The number of rotatable bonds is 0. The van der Waals surface area contributed by atoms with E-state index in [1.807, 2.05) is 13.8 Å². The predicted molar refractivity (Wildman–Crippen MR) is 47.4 cm³/mol. The summed E-state index contributed by atoms with van der Waals surface area (Å²) in [6.07, 6.45) is 3.10. The van der Waals surface area contributed by atoms with Gasteiger partial charge < -0.3 is 5.73 Å². The summed E-state index contributed by atoms with van der Waals surface area (Å²) in [5, 5.41) is 6.39. The highest BCUT2D eigenvalue weighted by atomic mass is 15.2. The van der Waals surface area contributed by atoms with Crippen LogP contribution in [0.3, 0.4) is 0 Å². The van der Waals surface area contributed by atoms with Gasteiger partial charge in [-0.2, -0.15) is 5.10 Å². The van der Waals surface area contributed by atoms with Crippen LogP contribution in [0, 0.1) is 0 Å². The molecule has 0 aliphatic rings. The molecule has 0 atom stereocenters. The summed E-state index contributed by atoms with van der Waals surface area (Å²) in [6.45, 7) is 4.00. The van der Waals surface area contributed by atoms with Gasteiger partial charge in [-0.3, -0.25) is 5.10 Å². The standard InChI is InChI=1S/C5H5N5.C2H6/c6-4-2-7-3-1-8-10-5(3)9-4;1-2/h1-2H,(H3,6,8,9,10);1-2H3. The van der Waals surface area contributed by atoms with Crippen LogP contribution in [0.25, 0.3) is 11.2 Å². The Balaban J connectivity index is 0.000000336. The van der Waals surface area contributed by atoms with Gasteiger partial charge in [0.25, 0.3) is 0 Å². The third-order valence-corrected chi connectivity index (χ3v) is 1.18. The van der Waals surface area contributed by atoms with E-state index in [2.05, 4.69) is 20.2 Å². The normalized spacial score (nSPS) is 9.17. The van der Waals surface area contributed by atoms with Gasteiger partial charge in [0.2, 0.25) is 0 Å². The smallest absolute Gasteiger partial charge is 0.176 e. The van der Waals surface area contributed by atoms with Gasteiger partial charge in [0.05, 0.1) is 12.4 Å². The number of anilines is 1. The molecule has 2 aromatic rings. The quantitative estimate of drug-likeness (QED) is 0.609. The molecule has 0 unspecified atom stereocenters. The van der Waals surface area contributed by atoms with Gasteiger partial charge in [-0.15, -0.1) is 0 Å². The van der Waals surface area contributed by atoms with Crippen LogP contribution >= 0.6 is 0 Å². The van der Waals surface area contributed by atoms with Crippen LogP contribution < -0.4 is 5.73 Å². The maximum Gasteiger partial charge on any atom is 0.176 e. The van der Waals surface area contributed by atoms with E-state index in [0.29, 0.717) is 11.5 Å². The average Bonchev–Trinajstić information content (AvgIpc) is 2.54. The fourth-order valence-electron chi connectivity index (χ4n) is 0.743. The number of hydrogen-bond donors (Lipinski definition) is 2. The number of fused-ring (bicyclic) bond motifs is 1. The number of nitrogens with one attached hydrogen (secondary N) is 1. The van der Waals surface area contributed by atoms with E-state index in [1.165, 1.54) is 6.20 Å². The lowest BCUT2D eigenvalue weighted by Crippen LogP contribution is -1.90. The minimum Gasteiger partial charge on any atom is -0.382 e. The molecule has 64 valence electrons. The number of aromatic amines is 1. The second-order valence-corrected chi connectivity index (χ2v) is 1.90. The zero-order chi connectivity index (χ0) is 8.97. The number of nitrogens with two attached hydrogens (primary N) is 1. The highest BCUT2D eigenvalue weighted by Crippen LogP contribution is 2.04. The average molecular weight is 165 g/mol. The van der Waals surface area contributed by atoms with E-state index in [9.17, 15) is 0 Å². The maximum atomic E-state index is 5.36. The Labute approximate surface area is 70.0 Å². The number of hydrogen-bond acceptors (Lipinski definition) is 4. The monoisotopic (exact) mass is 165 g/mol. The van der Waals surface area contributed by atoms with Crippen LogP contribution in [-0.4, -0.2) is 20.2 Å². The van der Waals surface area contributed by atoms with E-state index in [-0.39, 0.29) is 0 Å². The lowest BCUT2D eigenvalue weighted by molar-refractivity contribution is 1.10. The first kappa shape index (κ1) is 8.45. The van der Waals surface area contributed by atoms with Crippen LogP contribution in [0.2, 0.25) is 0 Å². The maximum absolute atomic E-state index is 5.36. The van der Waals surface area contributed by atoms with Crippen molar-refractivity contribution in [3.63, 3.8) is 0 Å². The van der Waals surface area contributed by atoms with Crippen molar-refractivity contribution in [2.24, 2.45) is 0 Å². The first-order valence-electron chi connectivity index (χ1n) is 3.78. The fourth-order valence-corrected chi connectivity index (χ4v) is 0.743. The fraction of sp³-hybridized carbons (Fsp3) is 0.286. The molecule has 2 heterocycles. The number of nitrogens with zero attached hydrogens (tertiary/aromatic N) is 3. The molecule has 3 N–H and O–H groups in total. The second kappa shape index (κ2) is 3.66. The van der Waals surface area contributed by atoms with E-state index >= 15 is 0 Å². The molecular weight excluding hydrogens is 154 g/mol. The summed E-state index contributed by atoms with van der Waals surface area (Å²) in [5.41, 5.74) is 6.72. The molecule has 0 spiro atoms. The minimum absolute atomic E-state index is 0.400. The number of nitrogen functional groups attached to an aromatic ring is 1. The van der Waals surface area contributed by atoms with Crippen molar-refractivity contribution in [1.29, 1.82) is 0 Å².